The fourth-order valence-corrected chi connectivity index (χ4v) is 3.32. The molecule has 110 valence electrons. The number of halogens is 1. The average Bonchev–Trinajstić information content (AvgIpc) is 2.37. The van der Waals surface area contributed by atoms with Gasteiger partial charge in [0.25, 0.3) is 0 Å². The minimum absolute atomic E-state index is 0.0251. The highest BCUT2D eigenvalue weighted by atomic mass is 79.9. The highest BCUT2D eigenvalue weighted by Gasteiger charge is 2.37. The Labute approximate surface area is 133 Å². The lowest BCUT2D eigenvalue weighted by atomic mass is 9.73. The van der Waals surface area contributed by atoms with Crippen molar-refractivity contribution in [3.8, 4) is 0 Å². The normalized spacial score (nSPS) is 22.0. The van der Waals surface area contributed by atoms with E-state index in [1.807, 2.05) is 38.1 Å². The topological polar surface area (TPSA) is 46.5 Å². The van der Waals surface area contributed by atoms with Gasteiger partial charge in [0.2, 0.25) is 0 Å². The Morgan fingerprint density at radius 1 is 1.10 bits per heavy atom. The average molecular weight is 348 g/mol. The van der Waals surface area contributed by atoms with Crippen LogP contribution < -0.4 is 0 Å². The number of ketones is 2. The maximum atomic E-state index is 12.1. The molecule has 0 bridgehead atoms. The number of hydrogen-bond acceptors (Lipinski definition) is 3. The molecule has 0 amide bonds. The van der Waals surface area contributed by atoms with Crippen molar-refractivity contribution >= 4 is 33.2 Å². The predicted octanol–water partition coefficient (Wildman–Crippen LogP) is 4.08. The first-order valence-electron chi connectivity index (χ1n) is 6.85. The van der Waals surface area contributed by atoms with Gasteiger partial charge in [-0.3, -0.25) is 14.6 Å². The van der Waals surface area contributed by atoms with Gasteiger partial charge in [-0.1, -0.05) is 28.1 Å². The number of aliphatic imine (C=N–C) groups is 1. The third-order valence-electron chi connectivity index (χ3n) is 3.87. The summed E-state index contributed by atoms with van der Waals surface area (Å²) >= 11 is 3.41. The molecule has 0 saturated heterocycles. The second-order valence-electron chi connectivity index (χ2n) is 5.43. The lowest BCUT2D eigenvalue weighted by Crippen LogP contribution is -2.33. The molecule has 0 radical (unpaired) electrons. The van der Waals surface area contributed by atoms with Crippen molar-refractivity contribution in [1.29, 1.82) is 0 Å². The Hall–Kier alpha value is -1.55. The SMILES string of the molecule is CC(=O)C1=C(C)N=C(C)C(C(C)=O)C1c1ccc(Br)cc1. The summed E-state index contributed by atoms with van der Waals surface area (Å²) in [6.45, 7) is 6.80. The number of Topliss-reactive ketones (excluding diaryl/α,β-unsaturated/α-hetero) is 2. The van der Waals surface area contributed by atoms with Gasteiger partial charge in [0.15, 0.2) is 5.78 Å². The van der Waals surface area contributed by atoms with E-state index in [0.717, 1.165) is 15.7 Å². The van der Waals surface area contributed by atoms with Crippen LogP contribution in [0.3, 0.4) is 0 Å². The highest BCUT2D eigenvalue weighted by Crippen LogP contribution is 2.39. The maximum Gasteiger partial charge on any atom is 0.158 e. The molecule has 0 N–H and O–H groups in total. The Morgan fingerprint density at radius 3 is 2.14 bits per heavy atom. The maximum absolute atomic E-state index is 12.1. The molecule has 2 unspecified atom stereocenters. The number of rotatable bonds is 3. The van der Waals surface area contributed by atoms with Gasteiger partial charge in [-0.05, 0) is 45.4 Å². The van der Waals surface area contributed by atoms with Gasteiger partial charge in [0.1, 0.15) is 5.78 Å². The number of allylic oxidation sites excluding steroid dienone is 2. The number of nitrogens with zero attached hydrogens (tertiary/aromatic N) is 1. The van der Waals surface area contributed by atoms with Gasteiger partial charge in [0.05, 0.1) is 5.92 Å². The molecule has 2 atom stereocenters. The Kier molecular flexibility index (Phi) is 4.57. The molecule has 0 aliphatic carbocycles. The molecule has 21 heavy (non-hydrogen) atoms. The summed E-state index contributed by atoms with van der Waals surface area (Å²) in [4.78, 5) is 28.6. The van der Waals surface area contributed by atoms with Gasteiger partial charge in [-0.25, -0.2) is 0 Å². The van der Waals surface area contributed by atoms with Crippen LogP contribution in [0.4, 0.5) is 0 Å². The van der Waals surface area contributed by atoms with Gasteiger partial charge in [-0.15, -0.1) is 0 Å². The zero-order valence-electron chi connectivity index (χ0n) is 12.6. The fourth-order valence-electron chi connectivity index (χ4n) is 3.06. The number of carbonyl (C=O) groups is 2. The summed E-state index contributed by atoms with van der Waals surface area (Å²) in [6, 6.07) is 7.78. The van der Waals surface area contributed by atoms with E-state index in [1.54, 1.807) is 6.92 Å². The Balaban J connectivity index is 2.65. The summed E-state index contributed by atoms with van der Waals surface area (Å²) < 4.78 is 0.969. The van der Waals surface area contributed by atoms with Crippen LogP contribution in [0.5, 0.6) is 0 Å². The first-order chi connectivity index (χ1) is 9.82. The first kappa shape index (κ1) is 15.8. The van der Waals surface area contributed by atoms with Gasteiger partial charge >= 0.3 is 0 Å². The highest BCUT2D eigenvalue weighted by molar-refractivity contribution is 9.10. The Morgan fingerprint density at radius 2 is 1.67 bits per heavy atom. The van der Waals surface area contributed by atoms with E-state index in [-0.39, 0.29) is 23.4 Å². The van der Waals surface area contributed by atoms with Crippen LogP contribution >= 0.6 is 15.9 Å². The smallest absolute Gasteiger partial charge is 0.158 e. The molecule has 1 aliphatic heterocycles. The zero-order chi connectivity index (χ0) is 15.7. The zero-order valence-corrected chi connectivity index (χ0v) is 14.2. The van der Waals surface area contributed by atoms with Crippen molar-refractivity contribution in [3.63, 3.8) is 0 Å². The Bertz CT molecular complexity index is 656. The molecule has 4 heteroatoms. The summed E-state index contributed by atoms with van der Waals surface area (Å²) in [7, 11) is 0. The molecule has 2 rings (SSSR count). The first-order valence-corrected chi connectivity index (χ1v) is 7.65. The van der Waals surface area contributed by atoms with E-state index in [1.165, 1.54) is 6.92 Å². The van der Waals surface area contributed by atoms with Crippen LogP contribution in [0.1, 0.15) is 39.2 Å². The van der Waals surface area contributed by atoms with E-state index in [4.69, 9.17) is 0 Å². The van der Waals surface area contributed by atoms with Gasteiger partial charge in [0, 0.05) is 27.4 Å². The lowest BCUT2D eigenvalue weighted by Gasteiger charge is -2.31. The minimum atomic E-state index is -0.367. The molecule has 1 aromatic rings. The summed E-state index contributed by atoms with van der Waals surface area (Å²) in [5.41, 5.74) is 3.10. The van der Waals surface area contributed by atoms with Crippen LogP contribution in [-0.4, -0.2) is 17.3 Å². The summed E-state index contributed by atoms with van der Waals surface area (Å²) in [5.74, 6) is -0.599. The van der Waals surface area contributed by atoms with Crippen LogP contribution in [0, 0.1) is 5.92 Å². The van der Waals surface area contributed by atoms with E-state index < -0.39 is 0 Å². The molecule has 1 aromatic carbocycles. The van der Waals surface area contributed by atoms with Crippen molar-refractivity contribution in [3.05, 3.63) is 45.6 Å². The van der Waals surface area contributed by atoms with E-state index >= 15 is 0 Å². The largest absolute Gasteiger partial charge is 0.299 e. The monoisotopic (exact) mass is 347 g/mol. The van der Waals surface area contributed by atoms with Crippen LogP contribution in [0.15, 0.2) is 45.0 Å². The van der Waals surface area contributed by atoms with Crippen molar-refractivity contribution in [2.45, 2.75) is 33.6 Å². The molecule has 0 aromatic heterocycles. The second kappa shape index (κ2) is 6.06. The lowest BCUT2D eigenvalue weighted by molar-refractivity contribution is -0.119. The number of carbonyl (C=O) groups excluding carboxylic acids is 2. The van der Waals surface area contributed by atoms with Crippen molar-refractivity contribution in [2.24, 2.45) is 10.9 Å². The van der Waals surface area contributed by atoms with E-state index in [2.05, 4.69) is 20.9 Å². The summed E-state index contributed by atoms with van der Waals surface area (Å²) in [6.07, 6.45) is 0. The molecule has 1 aliphatic rings. The second-order valence-corrected chi connectivity index (χ2v) is 6.34. The molecular formula is C17H18BrNO2. The third-order valence-corrected chi connectivity index (χ3v) is 4.40. The number of benzene rings is 1. The van der Waals surface area contributed by atoms with Gasteiger partial charge < -0.3 is 0 Å². The van der Waals surface area contributed by atoms with Crippen molar-refractivity contribution < 1.29 is 9.59 Å². The fraction of sp³-hybridized carbons (Fsp3) is 0.353. The van der Waals surface area contributed by atoms with E-state index in [9.17, 15) is 9.59 Å². The molecule has 1 heterocycles. The molecule has 0 saturated carbocycles. The van der Waals surface area contributed by atoms with E-state index in [0.29, 0.717) is 11.3 Å². The van der Waals surface area contributed by atoms with Gasteiger partial charge in [-0.2, -0.15) is 0 Å². The molecule has 0 spiro atoms. The van der Waals surface area contributed by atoms with Crippen LogP contribution in [0.2, 0.25) is 0 Å². The standard InChI is InChI=1S/C17H18BrNO2/c1-9-15(11(3)20)17(13-5-7-14(18)8-6-13)16(12(4)21)10(2)19-9/h5-8,15,17H,1-4H3. The third kappa shape index (κ3) is 3.05. The minimum Gasteiger partial charge on any atom is -0.299 e. The van der Waals surface area contributed by atoms with Crippen LogP contribution in [-0.2, 0) is 9.59 Å². The predicted molar refractivity (Wildman–Crippen MR) is 87.5 cm³/mol. The molecule has 3 nitrogen and oxygen atoms in total. The molecule has 0 fully saturated rings. The molecular weight excluding hydrogens is 330 g/mol. The van der Waals surface area contributed by atoms with Crippen molar-refractivity contribution in [2.75, 3.05) is 0 Å². The van der Waals surface area contributed by atoms with Crippen molar-refractivity contribution in [1.82, 2.24) is 0 Å². The quantitative estimate of drug-likeness (QED) is 0.826. The summed E-state index contributed by atoms with van der Waals surface area (Å²) in [5, 5.41) is 0. The van der Waals surface area contributed by atoms with Crippen LogP contribution in [0.25, 0.3) is 0 Å². The number of hydrogen-bond donors (Lipinski definition) is 0.